The van der Waals surface area contributed by atoms with Crippen molar-refractivity contribution in [1.82, 2.24) is 0 Å². The molecule has 2 aromatic carbocycles. The molecule has 0 aromatic heterocycles. The van der Waals surface area contributed by atoms with Crippen molar-refractivity contribution < 1.29 is 17.9 Å². The Morgan fingerprint density at radius 2 is 1.92 bits per heavy atom. The maximum atomic E-state index is 12.9. The predicted octanol–water partition coefficient (Wildman–Crippen LogP) is 3.51. The maximum absolute atomic E-state index is 12.9. The molecule has 0 heterocycles. The molecule has 24 heavy (non-hydrogen) atoms. The molecule has 0 unspecified atom stereocenters. The fourth-order valence-electron chi connectivity index (χ4n) is 2.10. The van der Waals surface area contributed by atoms with Gasteiger partial charge in [0.2, 0.25) is 0 Å². The highest BCUT2D eigenvalue weighted by Crippen LogP contribution is 2.25. The molecule has 0 saturated carbocycles. The minimum atomic E-state index is -3.83. The summed E-state index contributed by atoms with van der Waals surface area (Å²) in [7, 11) is -2.57. The highest BCUT2D eigenvalue weighted by molar-refractivity contribution is 7.92. The molecule has 0 amide bonds. The summed E-state index contributed by atoms with van der Waals surface area (Å²) < 4.78 is 31.6. The molecule has 7 heteroatoms. The Bertz CT molecular complexity index is 847. The molecule has 0 atom stereocenters. The number of halogens is 1. The Kier molecular flexibility index (Phi) is 5.64. The van der Waals surface area contributed by atoms with Crippen molar-refractivity contribution in [1.29, 1.82) is 0 Å². The number of sulfonamides is 1. The summed E-state index contributed by atoms with van der Waals surface area (Å²) in [5.74, 6) is -0.542. The lowest BCUT2D eigenvalue weighted by Gasteiger charge is -2.23. The lowest BCUT2D eigenvalue weighted by molar-refractivity contribution is 0.0600. The molecule has 0 radical (unpaired) electrons. The first-order valence-electron chi connectivity index (χ1n) is 6.97. The highest BCUT2D eigenvalue weighted by Gasteiger charge is 2.24. The van der Waals surface area contributed by atoms with Gasteiger partial charge in [0.15, 0.2) is 0 Å². The van der Waals surface area contributed by atoms with Crippen molar-refractivity contribution in [3.05, 3.63) is 71.8 Å². The van der Waals surface area contributed by atoms with Gasteiger partial charge in [-0.1, -0.05) is 23.7 Å². The third-order valence-electron chi connectivity index (χ3n) is 3.25. The van der Waals surface area contributed by atoms with E-state index in [1.807, 2.05) is 0 Å². The monoisotopic (exact) mass is 365 g/mol. The second-order valence-electron chi connectivity index (χ2n) is 4.82. The molecule has 126 valence electrons. The number of nitrogens with zero attached hydrogens (tertiary/aromatic N) is 1. The topological polar surface area (TPSA) is 63.7 Å². The molecule has 0 saturated heterocycles. The molecular weight excluding hydrogens is 350 g/mol. The summed E-state index contributed by atoms with van der Waals surface area (Å²) in [4.78, 5) is 11.8. The van der Waals surface area contributed by atoms with Gasteiger partial charge < -0.3 is 4.74 Å². The van der Waals surface area contributed by atoms with Gasteiger partial charge in [0.05, 0.1) is 29.8 Å². The Morgan fingerprint density at radius 3 is 2.50 bits per heavy atom. The number of hydrogen-bond donors (Lipinski definition) is 0. The van der Waals surface area contributed by atoms with E-state index in [4.69, 9.17) is 11.6 Å². The molecule has 0 aliphatic rings. The third-order valence-corrected chi connectivity index (χ3v) is 5.31. The molecule has 0 N–H and O–H groups in total. The first-order valence-corrected chi connectivity index (χ1v) is 8.79. The van der Waals surface area contributed by atoms with E-state index < -0.39 is 16.0 Å². The van der Waals surface area contributed by atoms with E-state index in [9.17, 15) is 13.2 Å². The van der Waals surface area contributed by atoms with Crippen molar-refractivity contribution in [3.63, 3.8) is 0 Å². The summed E-state index contributed by atoms with van der Waals surface area (Å²) in [6.45, 7) is 3.65. The minimum absolute atomic E-state index is 0.0512. The Morgan fingerprint density at radius 1 is 1.25 bits per heavy atom. The standard InChI is InChI=1S/C17H16ClNO4S/c1-3-11-19(15-6-4-5-13(12-15)17(20)23-2)24(21,22)16-9-7-14(18)8-10-16/h3-10,12H,1,11H2,2H3. The van der Waals surface area contributed by atoms with Crippen LogP contribution in [-0.2, 0) is 14.8 Å². The first-order chi connectivity index (χ1) is 11.4. The summed E-state index contributed by atoms with van der Waals surface area (Å²) in [6.07, 6.45) is 1.47. The molecule has 0 spiro atoms. The SMILES string of the molecule is C=CCN(c1cccc(C(=O)OC)c1)S(=O)(=O)c1ccc(Cl)cc1. The van der Waals surface area contributed by atoms with E-state index in [0.717, 1.165) is 4.31 Å². The fraction of sp³-hybridized carbons (Fsp3) is 0.118. The number of benzene rings is 2. The largest absolute Gasteiger partial charge is 0.465 e. The van der Waals surface area contributed by atoms with Crippen molar-refractivity contribution in [2.75, 3.05) is 18.0 Å². The van der Waals surface area contributed by atoms with E-state index in [1.165, 1.54) is 43.5 Å². The zero-order chi connectivity index (χ0) is 17.7. The van der Waals surface area contributed by atoms with Crippen LogP contribution >= 0.6 is 11.6 Å². The van der Waals surface area contributed by atoms with Crippen LogP contribution < -0.4 is 4.31 Å². The van der Waals surface area contributed by atoms with Gasteiger partial charge in [0, 0.05) is 5.02 Å². The Balaban J connectivity index is 2.51. The van der Waals surface area contributed by atoms with Crippen LogP contribution in [0.1, 0.15) is 10.4 Å². The van der Waals surface area contributed by atoms with Gasteiger partial charge in [-0.25, -0.2) is 13.2 Å². The normalized spacial score (nSPS) is 10.9. The van der Waals surface area contributed by atoms with Crippen molar-refractivity contribution in [2.24, 2.45) is 0 Å². The van der Waals surface area contributed by atoms with Gasteiger partial charge in [-0.05, 0) is 42.5 Å². The van der Waals surface area contributed by atoms with Crippen LogP contribution in [0.3, 0.4) is 0 Å². The van der Waals surface area contributed by atoms with Gasteiger partial charge in [-0.2, -0.15) is 0 Å². The van der Waals surface area contributed by atoms with Crippen LogP contribution in [0.15, 0.2) is 66.1 Å². The van der Waals surface area contributed by atoms with Crippen LogP contribution in [0.5, 0.6) is 0 Å². The summed E-state index contributed by atoms with van der Waals surface area (Å²) >= 11 is 5.82. The van der Waals surface area contributed by atoms with Crippen LogP contribution in [0.2, 0.25) is 5.02 Å². The number of carbonyl (C=O) groups excluding carboxylic acids is 1. The summed E-state index contributed by atoms with van der Waals surface area (Å²) in [5.41, 5.74) is 0.600. The smallest absolute Gasteiger partial charge is 0.337 e. The van der Waals surface area contributed by atoms with E-state index in [2.05, 4.69) is 11.3 Å². The van der Waals surface area contributed by atoms with E-state index in [1.54, 1.807) is 18.2 Å². The van der Waals surface area contributed by atoms with E-state index in [0.29, 0.717) is 10.7 Å². The molecule has 2 aromatic rings. The zero-order valence-electron chi connectivity index (χ0n) is 13.0. The maximum Gasteiger partial charge on any atom is 0.337 e. The van der Waals surface area contributed by atoms with Gasteiger partial charge in [-0.3, -0.25) is 4.31 Å². The molecule has 5 nitrogen and oxygen atoms in total. The second-order valence-corrected chi connectivity index (χ2v) is 7.12. The molecular formula is C17H16ClNO4S. The van der Waals surface area contributed by atoms with Crippen LogP contribution in [0.25, 0.3) is 0 Å². The molecule has 2 rings (SSSR count). The number of hydrogen-bond acceptors (Lipinski definition) is 4. The van der Waals surface area contributed by atoms with Gasteiger partial charge in [0.25, 0.3) is 10.0 Å². The number of rotatable bonds is 6. The molecule has 0 bridgehead atoms. The van der Waals surface area contributed by atoms with Crippen molar-refractivity contribution >= 4 is 33.3 Å². The number of anilines is 1. The lowest BCUT2D eigenvalue weighted by Crippen LogP contribution is -2.31. The van der Waals surface area contributed by atoms with Gasteiger partial charge >= 0.3 is 5.97 Å². The third kappa shape index (κ3) is 3.77. The average Bonchev–Trinajstić information content (AvgIpc) is 2.59. The summed E-state index contributed by atoms with van der Waals surface area (Å²) in [6, 6.07) is 12.1. The Hall–Kier alpha value is -2.31. The Labute approximate surface area is 146 Å². The zero-order valence-corrected chi connectivity index (χ0v) is 14.5. The second kappa shape index (κ2) is 7.51. The van der Waals surface area contributed by atoms with Crippen LogP contribution in [0, 0.1) is 0 Å². The first kappa shape index (κ1) is 18.0. The van der Waals surface area contributed by atoms with Crippen LogP contribution in [-0.4, -0.2) is 28.0 Å². The van der Waals surface area contributed by atoms with Gasteiger partial charge in [-0.15, -0.1) is 6.58 Å². The number of methoxy groups -OCH3 is 1. The number of esters is 1. The average molecular weight is 366 g/mol. The van der Waals surface area contributed by atoms with E-state index in [-0.39, 0.29) is 17.0 Å². The molecule has 0 aliphatic carbocycles. The lowest BCUT2D eigenvalue weighted by atomic mass is 10.2. The van der Waals surface area contributed by atoms with Crippen LogP contribution in [0.4, 0.5) is 5.69 Å². The van der Waals surface area contributed by atoms with Gasteiger partial charge in [0.1, 0.15) is 0 Å². The van der Waals surface area contributed by atoms with Crippen molar-refractivity contribution in [2.45, 2.75) is 4.90 Å². The number of ether oxygens (including phenoxy) is 1. The summed E-state index contributed by atoms with van der Waals surface area (Å²) in [5, 5.41) is 0.442. The fourth-order valence-corrected chi connectivity index (χ4v) is 3.65. The predicted molar refractivity (Wildman–Crippen MR) is 94.0 cm³/mol. The molecule has 0 aliphatic heterocycles. The molecule has 0 fully saturated rings. The van der Waals surface area contributed by atoms with E-state index >= 15 is 0 Å². The number of carbonyl (C=O) groups is 1. The van der Waals surface area contributed by atoms with Crippen molar-refractivity contribution in [3.8, 4) is 0 Å². The highest BCUT2D eigenvalue weighted by atomic mass is 35.5. The minimum Gasteiger partial charge on any atom is -0.465 e. The quantitative estimate of drug-likeness (QED) is 0.580.